The van der Waals surface area contributed by atoms with Gasteiger partial charge in [-0.25, -0.2) is 0 Å². The maximum atomic E-state index is 12.4. The van der Waals surface area contributed by atoms with Gasteiger partial charge in [0.05, 0.1) is 13.7 Å². The smallest absolute Gasteiger partial charge is 0.323 e. The molecule has 0 spiro atoms. The van der Waals surface area contributed by atoms with Crippen molar-refractivity contribution in [1.82, 2.24) is 0 Å². The molecule has 0 aromatic heterocycles. The molecule has 23 heavy (non-hydrogen) atoms. The number of carbonyl (C=O) groups is 2. The predicted octanol–water partition coefficient (Wildman–Crippen LogP) is 3.51. The Bertz CT molecular complexity index is 707. The molecular formula is C19H22O4. The van der Waals surface area contributed by atoms with Crippen molar-refractivity contribution in [1.29, 1.82) is 0 Å². The number of benzene rings is 2. The molecule has 0 bridgehead atoms. The third-order valence-corrected chi connectivity index (χ3v) is 4.17. The van der Waals surface area contributed by atoms with Gasteiger partial charge in [0.1, 0.15) is 0 Å². The molecule has 122 valence electrons. The van der Waals surface area contributed by atoms with Crippen molar-refractivity contribution < 1.29 is 19.1 Å². The van der Waals surface area contributed by atoms with Crippen LogP contribution in [0.4, 0.5) is 0 Å². The van der Waals surface area contributed by atoms with Crippen molar-refractivity contribution in [3.8, 4) is 0 Å². The topological polar surface area (TPSA) is 52.6 Å². The van der Waals surface area contributed by atoms with Gasteiger partial charge in [0.25, 0.3) is 0 Å². The summed E-state index contributed by atoms with van der Waals surface area (Å²) in [5.74, 6) is -1.07. The average Bonchev–Trinajstić information content (AvgIpc) is 2.59. The van der Waals surface area contributed by atoms with Gasteiger partial charge < -0.3 is 9.47 Å². The van der Waals surface area contributed by atoms with E-state index in [1.54, 1.807) is 13.8 Å². The van der Waals surface area contributed by atoms with Crippen LogP contribution < -0.4 is 0 Å². The largest absolute Gasteiger partial charge is 0.468 e. The molecule has 0 saturated heterocycles. The molecular weight excluding hydrogens is 292 g/mol. The number of methoxy groups -OCH3 is 1. The molecule has 0 radical (unpaired) electrons. The summed E-state index contributed by atoms with van der Waals surface area (Å²) < 4.78 is 10.0. The van der Waals surface area contributed by atoms with Gasteiger partial charge in [-0.05, 0) is 36.1 Å². The number of rotatable bonds is 6. The van der Waals surface area contributed by atoms with Crippen molar-refractivity contribution in [2.75, 3.05) is 13.7 Å². The van der Waals surface area contributed by atoms with Crippen LogP contribution in [-0.2, 0) is 25.5 Å². The van der Waals surface area contributed by atoms with Gasteiger partial charge in [0.15, 0.2) is 5.41 Å². The second-order valence-electron chi connectivity index (χ2n) is 5.51. The lowest BCUT2D eigenvalue weighted by atomic mass is 9.79. The molecule has 0 fully saturated rings. The zero-order valence-electron chi connectivity index (χ0n) is 13.8. The molecule has 0 heterocycles. The molecule has 2 aromatic rings. The number of hydrogen-bond acceptors (Lipinski definition) is 4. The van der Waals surface area contributed by atoms with Gasteiger partial charge in [0, 0.05) is 0 Å². The van der Waals surface area contributed by atoms with Crippen LogP contribution in [0.2, 0.25) is 0 Å². The maximum Gasteiger partial charge on any atom is 0.323 e. The SMILES string of the molecule is CCOC(=O)C(CC)(Cc1ccc2ccccc2c1)C(=O)OC. The summed E-state index contributed by atoms with van der Waals surface area (Å²) in [7, 11) is 1.30. The minimum atomic E-state index is -1.30. The quantitative estimate of drug-likeness (QED) is 0.605. The van der Waals surface area contributed by atoms with E-state index in [1.807, 2.05) is 42.5 Å². The second kappa shape index (κ2) is 7.27. The van der Waals surface area contributed by atoms with Crippen LogP contribution in [0.1, 0.15) is 25.8 Å². The molecule has 4 nitrogen and oxygen atoms in total. The van der Waals surface area contributed by atoms with Crippen molar-refractivity contribution in [2.45, 2.75) is 26.7 Å². The highest BCUT2D eigenvalue weighted by atomic mass is 16.6. The Morgan fingerprint density at radius 2 is 1.70 bits per heavy atom. The zero-order valence-corrected chi connectivity index (χ0v) is 13.8. The van der Waals surface area contributed by atoms with E-state index in [2.05, 4.69) is 0 Å². The second-order valence-corrected chi connectivity index (χ2v) is 5.51. The van der Waals surface area contributed by atoms with Gasteiger partial charge in [-0.2, -0.15) is 0 Å². The third kappa shape index (κ3) is 3.36. The van der Waals surface area contributed by atoms with Gasteiger partial charge in [0.2, 0.25) is 0 Å². The Morgan fingerprint density at radius 1 is 1.00 bits per heavy atom. The molecule has 2 rings (SSSR count). The van der Waals surface area contributed by atoms with Crippen LogP contribution in [0, 0.1) is 5.41 Å². The van der Waals surface area contributed by atoms with Gasteiger partial charge >= 0.3 is 11.9 Å². The Hall–Kier alpha value is -2.36. The highest BCUT2D eigenvalue weighted by Crippen LogP contribution is 2.32. The average molecular weight is 314 g/mol. The summed E-state index contributed by atoms with van der Waals surface area (Å²) >= 11 is 0. The summed E-state index contributed by atoms with van der Waals surface area (Å²) in [6, 6.07) is 13.9. The van der Waals surface area contributed by atoms with Crippen LogP contribution in [-0.4, -0.2) is 25.7 Å². The summed E-state index contributed by atoms with van der Waals surface area (Å²) in [5.41, 5.74) is -0.392. The first-order valence-corrected chi connectivity index (χ1v) is 7.80. The van der Waals surface area contributed by atoms with E-state index < -0.39 is 17.4 Å². The minimum Gasteiger partial charge on any atom is -0.468 e. The Labute approximate surface area is 136 Å². The lowest BCUT2D eigenvalue weighted by Crippen LogP contribution is -2.43. The third-order valence-electron chi connectivity index (χ3n) is 4.17. The minimum absolute atomic E-state index is 0.231. The molecule has 0 saturated carbocycles. The van der Waals surface area contributed by atoms with Crippen molar-refractivity contribution in [2.24, 2.45) is 5.41 Å². The van der Waals surface area contributed by atoms with Crippen molar-refractivity contribution >= 4 is 22.7 Å². The van der Waals surface area contributed by atoms with Gasteiger partial charge in [-0.15, -0.1) is 0 Å². The van der Waals surface area contributed by atoms with E-state index in [0.29, 0.717) is 6.42 Å². The monoisotopic (exact) mass is 314 g/mol. The number of hydrogen-bond donors (Lipinski definition) is 0. The molecule has 1 atom stereocenters. The maximum absolute atomic E-state index is 12.4. The molecule has 0 aliphatic rings. The van der Waals surface area contributed by atoms with E-state index in [-0.39, 0.29) is 13.0 Å². The highest BCUT2D eigenvalue weighted by molar-refractivity contribution is 6.00. The first-order valence-electron chi connectivity index (χ1n) is 7.80. The molecule has 0 N–H and O–H groups in total. The van der Waals surface area contributed by atoms with E-state index in [9.17, 15) is 9.59 Å². The summed E-state index contributed by atoms with van der Waals surface area (Å²) in [6.07, 6.45) is 0.588. The van der Waals surface area contributed by atoms with Crippen molar-refractivity contribution in [3.63, 3.8) is 0 Å². The normalized spacial score (nSPS) is 13.3. The van der Waals surface area contributed by atoms with E-state index in [1.165, 1.54) is 7.11 Å². The van der Waals surface area contributed by atoms with Crippen LogP contribution in [0.3, 0.4) is 0 Å². The van der Waals surface area contributed by atoms with Crippen LogP contribution >= 0.6 is 0 Å². The zero-order chi connectivity index (χ0) is 16.9. The van der Waals surface area contributed by atoms with Crippen LogP contribution in [0.5, 0.6) is 0 Å². The predicted molar refractivity (Wildman–Crippen MR) is 89.0 cm³/mol. The molecule has 0 aliphatic carbocycles. The fourth-order valence-electron chi connectivity index (χ4n) is 2.80. The summed E-state index contributed by atoms with van der Waals surface area (Å²) in [6.45, 7) is 3.76. The fourth-order valence-corrected chi connectivity index (χ4v) is 2.80. The highest BCUT2D eigenvalue weighted by Gasteiger charge is 2.47. The summed E-state index contributed by atoms with van der Waals surface area (Å²) in [5, 5.41) is 2.19. The van der Waals surface area contributed by atoms with E-state index in [0.717, 1.165) is 16.3 Å². The Kier molecular flexibility index (Phi) is 5.37. The summed E-state index contributed by atoms with van der Waals surface area (Å²) in [4.78, 5) is 24.8. The number of fused-ring (bicyclic) bond motifs is 1. The number of ether oxygens (including phenoxy) is 2. The van der Waals surface area contributed by atoms with E-state index >= 15 is 0 Å². The standard InChI is InChI=1S/C19H22O4/c1-4-19(17(20)22-3,18(21)23-5-2)13-14-10-11-15-8-6-7-9-16(15)12-14/h6-12H,4-5,13H2,1-3H3. The molecule has 0 aliphatic heterocycles. The molecule has 4 heteroatoms. The first-order chi connectivity index (χ1) is 11.1. The van der Waals surface area contributed by atoms with Gasteiger partial charge in [-0.1, -0.05) is 49.4 Å². The molecule has 1 unspecified atom stereocenters. The van der Waals surface area contributed by atoms with Crippen LogP contribution in [0.25, 0.3) is 10.8 Å². The first kappa shape index (κ1) is 17.0. The van der Waals surface area contributed by atoms with Gasteiger partial charge in [-0.3, -0.25) is 9.59 Å². The van der Waals surface area contributed by atoms with Crippen molar-refractivity contribution in [3.05, 3.63) is 48.0 Å². The molecule has 2 aromatic carbocycles. The Morgan fingerprint density at radius 3 is 2.30 bits per heavy atom. The number of esters is 2. The lowest BCUT2D eigenvalue weighted by Gasteiger charge is -2.27. The molecule has 0 amide bonds. The lowest BCUT2D eigenvalue weighted by molar-refractivity contribution is -0.171. The fraction of sp³-hybridized carbons (Fsp3) is 0.368. The number of carbonyl (C=O) groups excluding carboxylic acids is 2. The van der Waals surface area contributed by atoms with Crippen LogP contribution in [0.15, 0.2) is 42.5 Å². The van der Waals surface area contributed by atoms with E-state index in [4.69, 9.17) is 9.47 Å². The Balaban J connectivity index is 2.42.